The van der Waals surface area contributed by atoms with Gasteiger partial charge in [0.1, 0.15) is 0 Å². The van der Waals surface area contributed by atoms with Crippen LogP contribution in [0.2, 0.25) is 0 Å². The Kier molecular flexibility index (Phi) is 3.30. The average Bonchev–Trinajstić information content (AvgIpc) is 2.15. The molecule has 1 N–H and O–H groups in total. The molecule has 1 heterocycles. The van der Waals surface area contributed by atoms with Crippen molar-refractivity contribution >= 4 is 21.9 Å². The van der Waals surface area contributed by atoms with Gasteiger partial charge in [-0.25, -0.2) is 0 Å². The Hall–Kier alpha value is -0.870. The van der Waals surface area contributed by atoms with Crippen LogP contribution in [0.15, 0.2) is 22.7 Å². The van der Waals surface area contributed by atoms with Crippen LogP contribution in [-0.2, 0) is 11.3 Å². The molecule has 0 radical (unpaired) electrons. The molecular formula is C12H14BrNO2. The summed E-state index contributed by atoms with van der Waals surface area (Å²) in [7, 11) is 0. The molecule has 1 saturated heterocycles. The Morgan fingerprint density at radius 2 is 2.25 bits per heavy atom. The molecular weight excluding hydrogens is 270 g/mol. The normalized spacial score (nSPS) is 17.1. The van der Waals surface area contributed by atoms with Gasteiger partial charge in [0, 0.05) is 24.1 Å². The predicted molar refractivity (Wildman–Crippen MR) is 65.3 cm³/mol. The van der Waals surface area contributed by atoms with E-state index in [4.69, 9.17) is 5.11 Å². The predicted octanol–water partition coefficient (Wildman–Crippen LogP) is 2.27. The van der Waals surface area contributed by atoms with Crippen molar-refractivity contribution < 1.29 is 9.90 Å². The summed E-state index contributed by atoms with van der Waals surface area (Å²) in [4.78, 5) is 12.8. The lowest BCUT2D eigenvalue weighted by Crippen LogP contribution is -2.49. The topological polar surface area (TPSA) is 40.5 Å². The largest absolute Gasteiger partial charge is 0.481 e. The molecule has 0 spiro atoms. The highest BCUT2D eigenvalue weighted by Crippen LogP contribution is 2.22. The lowest BCUT2D eigenvalue weighted by Gasteiger charge is -2.36. The van der Waals surface area contributed by atoms with Gasteiger partial charge in [-0.3, -0.25) is 9.69 Å². The van der Waals surface area contributed by atoms with Crippen LogP contribution in [0.4, 0.5) is 0 Å². The molecule has 0 atom stereocenters. The van der Waals surface area contributed by atoms with Crippen molar-refractivity contribution in [2.75, 3.05) is 13.1 Å². The fourth-order valence-corrected chi connectivity index (χ4v) is 2.17. The number of carboxylic acids is 1. The third kappa shape index (κ3) is 2.44. The average molecular weight is 284 g/mol. The fourth-order valence-electron chi connectivity index (χ4n) is 1.92. The van der Waals surface area contributed by atoms with Gasteiger partial charge in [-0.15, -0.1) is 0 Å². The summed E-state index contributed by atoms with van der Waals surface area (Å²) < 4.78 is 1.11. The van der Waals surface area contributed by atoms with E-state index in [0.717, 1.165) is 11.0 Å². The zero-order valence-electron chi connectivity index (χ0n) is 9.11. The highest BCUT2D eigenvalue weighted by atomic mass is 79.9. The number of carboxylic acid groups (broad SMARTS) is 1. The first-order chi connectivity index (χ1) is 7.56. The van der Waals surface area contributed by atoms with Crippen LogP contribution in [0.5, 0.6) is 0 Å². The molecule has 0 bridgehead atoms. The third-order valence-corrected chi connectivity index (χ3v) is 3.82. The molecule has 1 aromatic rings. The van der Waals surface area contributed by atoms with E-state index in [-0.39, 0.29) is 5.92 Å². The molecule has 3 nitrogen and oxygen atoms in total. The molecule has 1 aliphatic rings. The first kappa shape index (κ1) is 11.6. The van der Waals surface area contributed by atoms with E-state index >= 15 is 0 Å². The maximum atomic E-state index is 10.6. The van der Waals surface area contributed by atoms with Crippen molar-refractivity contribution in [2.24, 2.45) is 5.92 Å². The van der Waals surface area contributed by atoms with Crippen molar-refractivity contribution in [3.8, 4) is 0 Å². The smallest absolute Gasteiger partial charge is 0.309 e. The molecule has 1 fully saturated rings. The molecule has 16 heavy (non-hydrogen) atoms. The summed E-state index contributed by atoms with van der Waals surface area (Å²) in [5, 5.41) is 8.76. The van der Waals surface area contributed by atoms with Gasteiger partial charge in [0.2, 0.25) is 0 Å². The Labute approximate surface area is 103 Å². The monoisotopic (exact) mass is 283 g/mol. The minimum Gasteiger partial charge on any atom is -0.481 e. The maximum absolute atomic E-state index is 10.6. The number of hydrogen-bond acceptors (Lipinski definition) is 2. The first-order valence-electron chi connectivity index (χ1n) is 5.26. The number of halogens is 1. The van der Waals surface area contributed by atoms with Gasteiger partial charge in [-0.1, -0.05) is 28.1 Å². The number of carbonyl (C=O) groups is 1. The minimum atomic E-state index is -0.678. The number of rotatable bonds is 3. The standard InChI is InChI=1S/C12H14BrNO2/c1-8-4-9(2-3-11(8)13)5-14-6-10(7-14)12(15)16/h2-4,10H,5-7H2,1H3,(H,15,16). The first-order valence-corrected chi connectivity index (χ1v) is 6.06. The Bertz CT molecular complexity index is 413. The van der Waals surface area contributed by atoms with E-state index in [9.17, 15) is 4.79 Å². The number of aliphatic carboxylic acids is 1. The van der Waals surface area contributed by atoms with Gasteiger partial charge >= 0.3 is 5.97 Å². The Balaban J connectivity index is 1.91. The van der Waals surface area contributed by atoms with Gasteiger partial charge in [-0.2, -0.15) is 0 Å². The molecule has 0 aromatic heterocycles. The molecule has 0 aliphatic carbocycles. The molecule has 0 amide bonds. The molecule has 0 saturated carbocycles. The summed E-state index contributed by atoms with van der Waals surface area (Å²) in [5.74, 6) is -0.847. The van der Waals surface area contributed by atoms with Crippen molar-refractivity contribution in [3.63, 3.8) is 0 Å². The van der Waals surface area contributed by atoms with Crippen molar-refractivity contribution in [1.29, 1.82) is 0 Å². The van der Waals surface area contributed by atoms with Crippen LogP contribution in [0.3, 0.4) is 0 Å². The summed E-state index contributed by atoms with van der Waals surface area (Å²) in [5.41, 5.74) is 2.46. The molecule has 1 aliphatic heterocycles. The lowest BCUT2D eigenvalue weighted by molar-refractivity contribution is -0.147. The summed E-state index contributed by atoms with van der Waals surface area (Å²) in [6.07, 6.45) is 0. The highest BCUT2D eigenvalue weighted by Gasteiger charge is 2.32. The summed E-state index contributed by atoms with van der Waals surface area (Å²) >= 11 is 3.46. The van der Waals surface area contributed by atoms with Crippen LogP contribution in [0.25, 0.3) is 0 Å². The molecule has 0 unspecified atom stereocenters. The van der Waals surface area contributed by atoms with Gasteiger partial charge in [0.05, 0.1) is 5.92 Å². The second kappa shape index (κ2) is 4.55. The van der Waals surface area contributed by atoms with Crippen molar-refractivity contribution in [3.05, 3.63) is 33.8 Å². The Morgan fingerprint density at radius 1 is 1.56 bits per heavy atom. The van der Waals surface area contributed by atoms with Crippen molar-refractivity contribution in [1.82, 2.24) is 4.90 Å². The van der Waals surface area contributed by atoms with Gasteiger partial charge in [-0.05, 0) is 24.1 Å². The molecule has 1 aromatic carbocycles. The number of likely N-dealkylation sites (tertiary alicyclic amines) is 1. The molecule has 2 rings (SSSR count). The van der Waals surface area contributed by atoms with E-state index < -0.39 is 5.97 Å². The lowest BCUT2D eigenvalue weighted by atomic mass is 9.99. The van der Waals surface area contributed by atoms with E-state index in [1.807, 2.05) is 6.07 Å². The van der Waals surface area contributed by atoms with E-state index in [1.54, 1.807) is 0 Å². The van der Waals surface area contributed by atoms with Gasteiger partial charge < -0.3 is 5.11 Å². The summed E-state index contributed by atoms with van der Waals surface area (Å²) in [6, 6.07) is 6.25. The van der Waals surface area contributed by atoms with Crippen LogP contribution in [0, 0.1) is 12.8 Å². The highest BCUT2D eigenvalue weighted by molar-refractivity contribution is 9.10. The fraction of sp³-hybridized carbons (Fsp3) is 0.417. The second-order valence-corrected chi connectivity index (χ2v) is 5.17. The molecule has 4 heteroatoms. The SMILES string of the molecule is Cc1cc(CN2CC(C(=O)O)C2)ccc1Br. The van der Waals surface area contributed by atoms with Crippen LogP contribution < -0.4 is 0 Å². The van der Waals surface area contributed by atoms with Crippen LogP contribution >= 0.6 is 15.9 Å². The van der Waals surface area contributed by atoms with E-state index in [1.165, 1.54) is 11.1 Å². The number of nitrogens with zero attached hydrogens (tertiary/aromatic N) is 1. The second-order valence-electron chi connectivity index (χ2n) is 4.31. The quantitative estimate of drug-likeness (QED) is 0.925. The number of hydrogen-bond donors (Lipinski definition) is 1. The van der Waals surface area contributed by atoms with E-state index in [2.05, 4.69) is 39.9 Å². The van der Waals surface area contributed by atoms with Gasteiger partial charge in [0.15, 0.2) is 0 Å². The van der Waals surface area contributed by atoms with Gasteiger partial charge in [0.25, 0.3) is 0 Å². The number of aryl methyl sites for hydroxylation is 1. The Morgan fingerprint density at radius 3 is 2.81 bits per heavy atom. The zero-order chi connectivity index (χ0) is 11.7. The van der Waals surface area contributed by atoms with Crippen LogP contribution in [0.1, 0.15) is 11.1 Å². The summed E-state index contributed by atoms with van der Waals surface area (Å²) in [6.45, 7) is 4.25. The number of benzene rings is 1. The third-order valence-electron chi connectivity index (χ3n) is 2.93. The zero-order valence-corrected chi connectivity index (χ0v) is 10.7. The van der Waals surface area contributed by atoms with E-state index in [0.29, 0.717) is 13.1 Å². The maximum Gasteiger partial charge on any atom is 0.309 e. The molecule has 86 valence electrons. The minimum absolute atomic E-state index is 0.170. The van der Waals surface area contributed by atoms with Crippen molar-refractivity contribution in [2.45, 2.75) is 13.5 Å². The van der Waals surface area contributed by atoms with Crippen LogP contribution in [-0.4, -0.2) is 29.1 Å².